The summed E-state index contributed by atoms with van der Waals surface area (Å²) < 4.78 is 4.52. The van der Waals surface area contributed by atoms with Crippen LogP contribution >= 0.6 is 0 Å². The van der Waals surface area contributed by atoms with E-state index < -0.39 is 5.97 Å². The Morgan fingerprint density at radius 2 is 2.00 bits per heavy atom. The maximum atomic E-state index is 12.1. The highest BCUT2D eigenvalue weighted by molar-refractivity contribution is 5.95. The minimum Gasteiger partial charge on any atom is -0.468 e. The fourth-order valence-electron chi connectivity index (χ4n) is 1.72. The molecule has 0 aliphatic heterocycles. The van der Waals surface area contributed by atoms with E-state index in [1.165, 1.54) is 19.1 Å². The monoisotopic (exact) mass is 273 g/mol. The summed E-state index contributed by atoms with van der Waals surface area (Å²) in [6.07, 6.45) is 0. The highest BCUT2D eigenvalue weighted by atomic mass is 16.5. The van der Waals surface area contributed by atoms with Crippen molar-refractivity contribution in [1.29, 1.82) is 0 Å². The number of carbonyl (C=O) groups is 2. The van der Waals surface area contributed by atoms with Crippen LogP contribution in [0.1, 0.15) is 10.5 Å². The van der Waals surface area contributed by atoms with Crippen LogP contribution in [-0.4, -0.2) is 47.7 Å². The predicted octanol–water partition coefficient (Wildman–Crippen LogP) is 1.32. The molecule has 0 saturated carbocycles. The molecule has 6 heteroatoms. The summed E-state index contributed by atoms with van der Waals surface area (Å²) >= 11 is 0. The molecule has 0 unspecified atom stereocenters. The molecular weight excluding hydrogens is 258 g/mol. The van der Waals surface area contributed by atoms with Crippen molar-refractivity contribution in [1.82, 2.24) is 15.1 Å². The number of methoxy groups -OCH3 is 1. The molecule has 2 rings (SSSR count). The van der Waals surface area contributed by atoms with Gasteiger partial charge in [-0.2, -0.15) is 5.10 Å². The Bertz CT molecular complexity index is 607. The number of aromatic nitrogens is 2. The van der Waals surface area contributed by atoms with Crippen molar-refractivity contribution < 1.29 is 14.3 Å². The van der Waals surface area contributed by atoms with E-state index in [1.807, 2.05) is 30.3 Å². The fraction of sp³-hybridized carbons (Fsp3) is 0.214. The van der Waals surface area contributed by atoms with Gasteiger partial charge in [0.15, 0.2) is 0 Å². The topological polar surface area (TPSA) is 75.3 Å². The average Bonchev–Trinajstić information content (AvgIpc) is 2.97. The zero-order valence-electron chi connectivity index (χ0n) is 11.3. The van der Waals surface area contributed by atoms with Crippen LogP contribution in [0.4, 0.5) is 0 Å². The van der Waals surface area contributed by atoms with Gasteiger partial charge in [-0.05, 0) is 6.07 Å². The van der Waals surface area contributed by atoms with Crippen LogP contribution in [0.2, 0.25) is 0 Å². The third kappa shape index (κ3) is 3.03. The molecule has 2 aromatic rings. The number of amides is 1. The molecule has 0 spiro atoms. The normalized spacial score (nSPS) is 10.1. The van der Waals surface area contributed by atoms with E-state index in [9.17, 15) is 9.59 Å². The van der Waals surface area contributed by atoms with Gasteiger partial charge in [-0.25, -0.2) is 0 Å². The fourth-order valence-corrected chi connectivity index (χ4v) is 1.72. The molecule has 1 N–H and O–H groups in total. The van der Waals surface area contributed by atoms with Gasteiger partial charge in [-0.15, -0.1) is 0 Å². The Kier molecular flexibility index (Phi) is 4.14. The number of benzene rings is 1. The summed E-state index contributed by atoms with van der Waals surface area (Å²) in [5, 5.41) is 6.78. The summed E-state index contributed by atoms with van der Waals surface area (Å²) in [6, 6.07) is 11.2. The van der Waals surface area contributed by atoms with Crippen molar-refractivity contribution in [3.05, 3.63) is 42.1 Å². The molecule has 0 radical (unpaired) electrons. The molecule has 0 aliphatic rings. The lowest BCUT2D eigenvalue weighted by molar-refractivity contribution is -0.141. The highest BCUT2D eigenvalue weighted by Crippen LogP contribution is 2.17. The molecule has 1 amide bonds. The van der Waals surface area contributed by atoms with Gasteiger partial charge in [0.1, 0.15) is 12.2 Å². The summed E-state index contributed by atoms with van der Waals surface area (Å²) in [5.41, 5.74) is 1.93. The van der Waals surface area contributed by atoms with Crippen molar-refractivity contribution in [2.24, 2.45) is 0 Å². The first-order valence-corrected chi connectivity index (χ1v) is 6.05. The van der Waals surface area contributed by atoms with Gasteiger partial charge in [0, 0.05) is 12.6 Å². The Labute approximate surface area is 116 Å². The maximum absolute atomic E-state index is 12.1. The highest BCUT2D eigenvalue weighted by Gasteiger charge is 2.17. The molecule has 0 aliphatic carbocycles. The first-order chi connectivity index (χ1) is 9.61. The molecule has 104 valence electrons. The number of rotatable bonds is 4. The van der Waals surface area contributed by atoms with Gasteiger partial charge in [0.25, 0.3) is 5.91 Å². The van der Waals surface area contributed by atoms with E-state index in [1.54, 1.807) is 6.07 Å². The third-order valence-electron chi connectivity index (χ3n) is 2.82. The molecule has 6 nitrogen and oxygen atoms in total. The van der Waals surface area contributed by atoms with Gasteiger partial charge < -0.3 is 9.64 Å². The summed E-state index contributed by atoms with van der Waals surface area (Å²) in [7, 11) is 2.81. The molecule has 0 atom stereocenters. The van der Waals surface area contributed by atoms with Gasteiger partial charge >= 0.3 is 5.97 Å². The minimum atomic E-state index is -0.469. The third-order valence-corrected chi connectivity index (χ3v) is 2.82. The predicted molar refractivity (Wildman–Crippen MR) is 73.0 cm³/mol. The van der Waals surface area contributed by atoms with E-state index in [-0.39, 0.29) is 12.5 Å². The average molecular weight is 273 g/mol. The lowest BCUT2D eigenvalue weighted by atomic mass is 10.1. The zero-order chi connectivity index (χ0) is 14.5. The van der Waals surface area contributed by atoms with E-state index in [0.717, 1.165) is 5.56 Å². The van der Waals surface area contributed by atoms with Crippen LogP contribution < -0.4 is 0 Å². The standard InChI is InChI=1S/C14H15N3O3/c1-17(9-13(18)20-2)14(19)12-8-11(15-16-12)10-6-4-3-5-7-10/h3-8H,9H2,1-2H3,(H,15,16). The summed E-state index contributed by atoms with van der Waals surface area (Å²) in [6.45, 7) is -0.102. The largest absolute Gasteiger partial charge is 0.468 e. The number of aromatic amines is 1. The number of nitrogens with one attached hydrogen (secondary N) is 1. The maximum Gasteiger partial charge on any atom is 0.325 e. The molecular formula is C14H15N3O3. The number of carbonyl (C=O) groups excluding carboxylic acids is 2. The second kappa shape index (κ2) is 6.01. The summed E-state index contributed by atoms with van der Waals surface area (Å²) in [4.78, 5) is 24.5. The molecule has 20 heavy (non-hydrogen) atoms. The molecule has 1 aromatic heterocycles. The Balaban J connectivity index is 2.12. The number of hydrogen-bond donors (Lipinski definition) is 1. The Hall–Kier alpha value is -2.63. The molecule has 0 fully saturated rings. The SMILES string of the molecule is COC(=O)CN(C)C(=O)c1cc(-c2ccccc2)n[nH]1. The van der Waals surface area contributed by atoms with Crippen LogP contribution in [0, 0.1) is 0 Å². The van der Waals surface area contributed by atoms with Crippen LogP contribution in [-0.2, 0) is 9.53 Å². The number of likely N-dealkylation sites (N-methyl/N-ethyl adjacent to an activating group) is 1. The van der Waals surface area contributed by atoms with Crippen molar-refractivity contribution in [3.63, 3.8) is 0 Å². The number of ether oxygens (including phenoxy) is 1. The lowest BCUT2D eigenvalue weighted by Crippen LogP contribution is -2.32. The van der Waals surface area contributed by atoms with Crippen molar-refractivity contribution in [3.8, 4) is 11.3 Å². The lowest BCUT2D eigenvalue weighted by Gasteiger charge is -2.13. The molecule has 1 heterocycles. The van der Waals surface area contributed by atoms with Crippen molar-refractivity contribution in [2.75, 3.05) is 20.7 Å². The number of esters is 1. The van der Waals surface area contributed by atoms with Gasteiger partial charge in [0.05, 0.1) is 12.8 Å². The second-order valence-electron chi connectivity index (χ2n) is 4.27. The Morgan fingerprint density at radius 1 is 1.30 bits per heavy atom. The number of nitrogens with zero attached hydrogens (tertiary/aromatic N) is 2. The van der Waals surface area contributed by atoms with E-state index in [4.69, 9.17) is 0 Å². The molecule has 0 bridgehead atoms. The number of H-pyrrole nitrogens is 1. The Morgan fingerprint density at radius 3 is 2.65 bits per heavy atom. The van der Waals surface area contributed by atoms with Crippen LogP contribution in [0.3, 0.4) is 0 Å². The quantitative estimate of drug-likeness (QED) is 0.852. The van der Waals surface area contributed by atoms with Crippen LogP contribution in [0.5, 0.6) is 0 Å². The van der Waals surface area contributed by atoms with Crippen LogP contribution in [0.15, 0.2) is 36.4 Å². The minimum absolute atomic E-state index is 0.102. The first-order valence-electron chi connectivity index (χ1n) is 6.05. The van der Waals surface area contributed by atoms with Crippen molar-refractivity contribution >= 4 is 11.9 Å². The van der Waals surface area contributed by atoms with Gasteiger partial charge in [-0.3, -0.25) is 14.7 Å². The number of hydrogen-bond acceptors (Lipinski definition) is 4. The van der Waals surface area contributed by atoms with E-state index in [2.05, 4.69) is 14.9 Å². The zero-order valence-corrected chi connectivity index (χ0v) is 11.3. The van der Waals surface area contributed by atoms with E-state index >= 15 is 0 Å². The van der Waals surface area contributed by atoms with Gasteiger partial charge in [-0.1, -0.05) is 30.3 Å². The van der Waals surface area contributed by atoms with Gasteiger partial charge in [0.2, 0.25) is 0 Å². The van der Waals surface area contributed by atoms with Crippen LogP contribution in [0.25, 0.3) is 11.3 Å². The molecule has 1 aromatic carbocycles. The molecule has 0 saturated heterocycles. The summed E-state index contributed by atoms with van der Waals surface area (Å²) in [5.74, 6) is -0.784. The van der Waals surface area contributed by atoms with E-state index in [0.29, 0.717) is 11.4 Å². The first kappa shape index (κ1) is 13.8. The smallest absolute Gasteiger partial charge is 0.325 e. The second-order valence-corrected chi connectivity index (χ2v) is 4.27. The van der Waals surface area contributed by atoms with Crippen molar-refractivity contribution in [2.45, 2.75) is 0 Å².